The minimum Gasteiger partial charge on any atom is -0.493 e. The van der Waals surface area contributed by atoms with Crippen LogP contribution in [-0.2, 0) is 11.8 Å². The van der Waals surface area contributed by atoms with Crippen molar-refractivity contribution in [1.29, 1.82) is 0 Å². The van der Waals surface area contributed by atoms with Gasteiger partial charge in [0.25, 0.3) is 0 Å². The Bertz CT molecular complexity index is 1400. The quantitative estimate of drug-likeness (QED) is 0.193. The third kappa shape index (κ3) is 7.19. The lowest BCUT2D eigenvalue weighted by Crippen LogP contribution is -2.10. The Balaban J connectivity index is 1.30. The van der Waals surface area contributed by atoms with Gasteiger partial charge in [0.2, 0.25) is 5.88 Å². The lowest BCUT2D eigenvalue weighted by Gasteiger charge is -2.19. The highest BCUT2D eigenvalue weighted by molar-refractivity contribution is 7.13. The zero-order valence-corrected chi connectivity index (χ0v) is 23.2. The molecule has 0 saturated carbocycles. The number of aromatic hydroxyl groups is 1. The lowest BCUT2D eigenvalue weighted by molar-refractivity contribution is 0.246. The highest BCUT2D eigenvalue weighted by Crippen LogP contribution is 2.33. The molecule has 0 unspecified atom stereocenters. The summed E-state index contributed by atoms with van der Waals surface area (Å²) in [5.74, 6) is 3.03. The summed E-state index contributed by atoms with van der Waals surface area (Å²) in [4.78, 5) is 14.1. The molecule has 0 aliphatic carbocycles. The van der Waals surface area contributed by atoms with Gasteiger partial charge in [-0.05, 0) is 65.4 Å². The summed E-state index contributed by atoms with van der Waals surface area (Å²) in [6, 6.07) is 21.6. The van der Waals surface area contributed by atoms with Gasteiger partial charge in [-0.15, -0.1) is 0 Å². The number of aromatic amines is 1. The van der Waals surface area contributed by atoms with E-state index in [1.165, 1.54) is 5.56 Å². The van der Waals surface area contributed by atoms with Crippen LogP contribution in [0.25, 0.3) is 10.4 Å². The summed E-state index contributed by atoms with van der Waals surface area (Å²) in [6.07, 6.45) is 2.61. The maximum atomic E-state index is 11.5. The van der Waals surface area contributed by atoms with Crippen LogP contribution in [0.1, 0.15) is 51.7 Å². The van der Waals surface area contributed by atoms with Crippen LogP contribution in [0.3, 0.4) is 0 Å². The Hall–Kier alpha value is -3.71. The molecule has 0 amide bonds. The third-order valence-electron chi connectivity index (χ3n) is 6.05. The van der Waals surface area contributed by atoms with Gasteiger partial charge in [-0.2, -0.15) is 0 Å². The number of benzene rings is 3. The van der Waals surface area contributed by atoms with Crippen LogP contribution in [-0.4, -0.2) is 23.3 Å². The molecule has 4 rings (SSSR count). The standard InChI is InChI=1S/C31H35NO5S/c1-5-8-21-19-26(37-24-13-11-23(12-14-24)31(2,3)4)15-16-27(21)36-18-7-17-35-25-10-6-9-22(20-25)28-29(33)32-30(34)38-28/h6,9-16,19-20,33H,5,7-8,17-18H2,1-4H3,(H,32,34). The van der Waals surface area contributed by atoms with E-state index in [0.29, 0.717) is 30.3 Å². The minimum absolute atomic E-state index is 0.108. The molecule has 2 N–H and O–H groups in total. The average molecular weight is 534 g/mol. The van der Waals surface area contributed by atoms with E-state index in [0.717, 1.165) is 52.6 Å². The second kappa shape index (κ2) is 12.2. The second-order valence-corrected chi connectivity index (χ2v) is 11.1. The van der Waals surface area contributed by atoms with Crippen molar-refractivity contribution in [2.45, 2.75) is 52.4 Å². The molecule has 1 aromatic heterocycles. The van der Waals surface area contributed by atoms with Gasteiger partial charge < -0.3 is 19.3 Å². The van der Waals surface area contributed by atoms with Gasteiger partial charge in [0.15, 0.2) is 0 Å². The van der Waals surface area contributed by atoms with E-state index >= 15 is 0 Å². The fraction of sp³-hybridized carbons (Fsp3) is 0.323. The van der Waals surface area contributed by atoms with E-state index in [1.807, 2.05) is 48.5 Å². The molecule has 0 saturated heterocycles. The highest BCUT2D eigenvalue weighted by Gasteiger charge is 2.14. The Morgan fingerprint density at radius 3 is 2.32 bits per heavy atom. The zero-order valence-electron chi connectivity index (χ0n) is 22.4. The van der Waals surface area contributed by atoms with Crippen LogP contribution < -0.4 is 19.1 Å². The smallest absolute Gasteiger partial charge is 0.307 e. The van der Waals surface area contributed by atoms with Crippen molar-refractivity contribution < 1.29 is 19.3 Å². The maximum absolute atomic E-state index is 11.5. The van der Waals surface area contributed by atoms with E-state index < -0.39 is 0 Å². The highest BCUT2D eigenvalue weighted by atomic mass is 32.1. The topological polar surface area (TPSA) is 80.8 Å². The van der Waals surface area contributed by atoms with E-state index in [2.05, 4.69) is 50.9 Å². The monoisotopic (exact) mass is 533 g/mol. The van der Waals surface area contributed by atoms with Crippen molar-refractivity contribution in [2.75, 3.05) is 13.2 Å². The summed E-state index contributed by atoms with van der Waals surface area (Å²) < 4.78 is 18.1. The number of aryl methyl sites for hydroxylation is 1. The van der Waals surface area contributed by atoms with Gasteiger partial charge >= 0.3 is 4.87 Å². The number of hydrogen-bond donors (Lipinski definition) is 2. The summed E-state index contributed by atoms with van der Waals surface area (Å²) in [5, 5.41) is 9.91. The second-order valence-electron chi connectivity index (χ2n) is 10.2. The SMILES string of the molecule is CCCc1cc(Oc2ccc(C(C)(C)C)cc2)ccc1OCCCOc1cccc(-c2sc(=O)[nH]c2O)c1. The molecule has 0 spiro atoms. The summed E-state index contributed by atoms with van der Waals surface area (Å²) in [6.45, 7) is 9.75. The Kier molecular flexibility index (Phi) is 8.79. The number of H-pyrrole nitrogens is 1. The lowest BCUT2D eigenvalue weighted by atomic mass is 9.87. The van der Waals surface area contributed by atoms with E-state index in [9.17, 15) is 9.90 Å². The summed E-state index contributed by atoms with van der Waals surface area (Å²) in [5.41, 5.74) is 3.23. The van der Waals surface area contributed by atoms with Gasteiger partial charge in [0, 0.05) is 12.0 Å². The molecule has 0 atom stereocenters. The fourth-order valence-electron chi connectivity index (χ4n) is 4.06. The van der Waals surface area contributed by atoms with Crippen molar-refractivity contribution >= 4 is 11.3 Å². The van der Waals surface area contributed by atoms with Crippen LogP contribution in [0.15, 0.2) is 71.5 Å². The molecule has 0 bridgehead atoms. The molecule has 0 radical (unpaired) electrons. The number of nitrogens with one attached hydrogen (secondary N) is 1. The van der Waals surface area contributed by atoms with Gasteiger partial charge in [-0.1, -0.05) is 69.7 Å². The Morgan fingerprint density at radius 1 is 0.895 bits per heavy atom. The molecule has 0 aliphatic heterocycles. The number of aromatic nitrogens is 1. The molecule has 3 aromatic carbocycles. The van der Waals surface area contributed by atoms with Crippen molar-refractivity contribution in [3.63, 3.8) is 0 Å². The van der Waals surface area contributed by atoms with Gasteiger partial charge in [0.05, 0.1) is 18.1 Å². The molecule has 7 heteroatoms. The van der Waals surface area contributed by atoms with E-state index in [4.69, 9.17) is 14.2 Å². The first-order valence-corrected chi connectivity index (χ1v) is 13.7. The van der Waals surface area contributed by atoms with Crippen molar-refractivity contribution in [3.05, 3.63) is 87.5 Å². The molecule has 38 heavy (non-hydrogen) atoms. The predicted molar refractivity (Wildman–Crippen MR) is 153 cm³/mol. The minimum atomic E-state index is -0.294. The molecule has 1 heterocycles. The molecular formula is C31H35NO5S. The third-order valence-corrected chi connectivity index (χ3v) is 6.97. The maximum Gasteiger partial charge on any atom is 0.307 e. The first-order chi connectivity index (χ1) is 18.2. The predicted octanol–water partition coefficient (Wildman–Crippen LogP) is 7.70. The molecule has 0 aliphatic rings. The zero-order chi connectivity index (χ0) is 27.1. The molecular weight excluding hydrogens is 498 g/mol. The summed E-state index contributed by atoms with van der Waals surface area (Å²) >= 11 is 0.968. The average Bonchev–Trinajstić information content (AvgIpc) is 3.23. The number of ether oxygens (including phenoxy) is 3. The van der Waals surface area contributed by atoms with Gasteiger partial charge in [-0.25, -0.2) is 0 Å². The number of rotatable bonds is 11. The van der Waals surface area contributed by atoms with Crippen LogP contribution in [0.2, 0.25) is 0 Å². The normalized spacial score (nSPS) is 11.4. The van der Waals surface area contributed by atoms with Gasteiger partial charge in [0.1, 0.15) is 23.0 Å². The van der Waals surface area contributed by atoms with Crippen molar-refractivity contribution in [1.82, 2.24) is 4.98 Å². The first-order valence-electron chi connectivity index (χ1n) is 12.9. The van der Waals surface area contributed by atoms with E-state index in [1.54, 1.807) is 0 Å². The molecule has 0 fully saturated rings. The molecule has 6 nitrogen and oxygen atoms in total. The summed E-state index contributed by atoms with van der Waals surface area (Å²) in [7, 11) is 0. The van der Waals surface area contributed by atoms with Crippen LogP contribution >= 0.6 is 11.3 Å². The van der Waals surface area contributed by atoms with Gasteiger partial charge in [-0.3, -0.25) is 9.78 Å². The van der Waals surface area contributed by atoms with Crippen LogP contribution in [0.4, 0.5) is 0 Å². The Labute approximate surface area is 227 Å². The fourth-order valence-corrected chi connectivity index (χ4v) is 4.78. The van der Waals surface area contributed by atoms with Crippen molar-refractivity contribution in [3.8, 4) is 39.3 Å². The first kappa shape index (κ1) is 27.3. The molecule has 200 valence electrons. The molecule has 4 aromatic rings. The number of hydrogen-bond acceptors (Lipinski definition) is 6. The largest absolute Gasteiger partial charge is 0.493 e. The Morgan fingerprint density at radius 2 is 1.63 bits per heavy atom. The van der Waals surface area contributed by atoms with Crippen LogP contribution in [0, 0.1) is 0 Å². The number of thiazole rings is 1. The van der Waals surface area contributed by atoms with Crippen molar-refractivity contribution in [2.24, 2.45) is 0 Å². The van der Waals surface area contributed by atoms with E-state index in [-0.39, 0.29) is 16.2 Å². The van der Waals surface area contributed by atoms with Crippen LogP contribution in [0.5, 0.6) is 28.9 Å².